The van der Waals surface area contributed by atoms with Crippen LogP contribution in [0.1, 0.15) is 12.8 Å². The number of rotatable bonds is 6. The molecule has 0 unspecified atom stereocenters. The summed E-state index contributed by atoms with van der Waals surface area (Å²) in [5.74, 6) is 0.970. The minimum atomic E-state index is 0.398. The Morgan fingerprint density at radius 1 is 1.27 bits per heavy atom. The van der Waals surface area contributed by atoms with E-state index in [1.165, 1.54) is 0 Å². The van der Waals surface area contributed by atoms with Crippen LogP contribution in [0.4, 0.5) is 5.82 Å². The molecule has 0 fully saturated rings. The van der Waals surface area contributed by atoms with Crippen LogP contribution in [0.2, 0.25) is 0 Å². The van der Waals surface area contributed by atoms with Crippen molar-refractivity contribution in [1.29, 1.82) is 0 Å². The van der Waals surface area contributed by atoms with Crippen molar-refractivity contribution in [3.05, 3.63) is 18.6 Å². The number of nitrogens with two attached hydrogens (primary N) is 1. The van der Waals surface area contributed by atoms with Crippen molar-refractivity contribution in [3.63, 3.8) is 0 Å². The molecule has 0 spiro atoms. The van der Waals surface area contributed by atoms with Crippen LogP contribution in [-0.4, -0.2) is 42.9 Å². The van der Waals surface area contributed by atoms with Gasteiger partial charge in [-0.05, 0) is 32.5 Å². The topological polar surface area (TPSA) is 99.5 Å². The standard InChI is InChI=1S/C14H20N8/c1-16-6-3-4-8-22-9-17-11-12(15)19-13(20-14(11)22)10-5-7-18-21(10)2/h5,7,9,16H,3-4,6,8H2,1-2H3,(H2,15,19,20). The van der Waals surface area contributed by atoms with Gasteiger partial charge in [-0.25, -0.2) is 15.0 Å². The Hall–Kier alpha value is -2.48. The van der Waals surface area contributed by atoms with Crippen molar-refractivity contribution in [2.24, 2.45) is 7.05 Å². The Morgan fingerprint density at radius 2 is 2.14 bits per heavy atom. The number of hydrogen-bond donors (Lipinski definition) is 2. The summed E-state index contributed by atoms with van der Waals surface area (Å²) >= 11 is 0. The van der Waals surface area contributed by atoms with E-state index in [1.54, 1.807) is 17.2 Å². The Morgan fingerprint density at radius 3 is 2.86 bits per heavy atom. The highest BCUT2D eigenvalue weighted by Crippen LogP contribution is 2.21. The van der Waals surface area contributed by atoms with E-state index in [9.17, 15) is 0 Å². The number of fused-ring (bicyclic) bond motifs is 1. The maximum Gasteiger partial charge on any atom is 0.182 e. The first-order valence-electron chi connectivity index (χ1n) is 7.32. The van der Waals surface area contributed by atoms with Crippen LogP contribution in [0.3, 0.4) is 0 Å². The van der Waals surface area contributed by atoms with Gasteiger partial charge in [0.05, 0.1) is 6.33 Å². The molecule has 0 aliphatic heterocycles. The summed E-state index contributed by atoms with van der Waals surface area (Å²) in [4.78, 5) is 13.3. The summed E-state index contributed by atoms with van der Waals surface area (Å²) in [6.07, 6.45) is 5.65. The van der Waals surface area contributed by atoms with Gasteiger partial charge in [-0.2, -0.15) is 5.10 Å². The van der Waals surface area contributed by atoms with E-state index in [4.69, 9.17) is 5.73 Å². The number of anilines is 1. The summed E-state index contributed by atoms with van der Waals surface area (Å²) in [6, 6.07) is 1.87. The molecule has 0 radical (unpaired) electrons. The third-order valence-electron chi connectivity index (χ3n) is 3.62. The van der Waals surface area contributed by atoms with Crippen molar-refractivity contribution < 1.29 is 0 Å². The maximum atomic E-state index is 6.04. The second kappa shape index (κ2) is 6.10. The molecule has 8 heteroatoms. The van der Waals surface area contributed by atoms with Crippen LogP contribution in [0.15, 0.2) is 18.6 Å². The highest BCUT2D eigenvalue weighted by molar-refractivity contribution is 5.83. The van der Waals surface area contributed by atoms with Gasteiger partial charge in [0.2, 0.25) is 0 Å². The van der Waals surface area contributed by atoms with Crippen LogP contribution in [0, 0.1) is 0 Å². The first-order valence-corrected chi connectivity index (χ1v) is 7.32. The van der Waals surface area contributed by atoms with E-state index in [2.05, 4.69) is 25.4 Å². The second-order valence-corrected chi connectivity index (χ2v) is 5.19. The lowest BCUT2D eigenvalue weighted by Crippen LogP contribution is -2.09. The average molecular weight is 300 g/mol. The summed E-state index contributed by atoms with van der Waals surface area (Å²) in [5, 5.41) is 7.30. The zero-order valence-electron chi connectivity index (χ0n) is 12.8. The molecule has 3 rings (SSSR count). The minimum absolute atomic E-state index is 0.398. The molecule has 0 amide bonds. The highest BCUT2D eigenvalue weighted by Gasteiger charge is 2.14. The normalized spacial score (nSPS) is 11.4. The third kappa shape index (κ3) is 2.64. The molecule has 22 heavy (non-hydrogen) atoms. The van der Waals surface area contributed by atoms with Gasteiger partial charge in [0.1, 0.15) is 11.2 Å². The molecule has 0 aliphatic rings. The fourth-order valence-corrected chi connectivity index (χ4v) is 2.42. The number of unbranched alkanes of at least 4 members (excludes halogenated alkanes) is 1. The maximum absolute atomic E-state index is 6.04. The van der Waals surface area contributed by atoms with Crippen LogP contribution >= 0.6 is 0 Å². The zero-order valence-corrected chi connectivity index (χ0v) is 12.8. The molecule has 8 nitrogen and oxygen atoms in total. The predicted molar refractivity (Wildman–Crippen MR) is 85.1 cm³/mol. The zero-order chi connectivity index (χ0) is 15.5. The average Bonchev–Trinajstić information content (AvgIpc) is 3.10. The second-order valence-electron chi connectivity index (χ2n) is 5.19. The number of nitrogen functional groups attached to an aromatic ring is 1. The van der Waals surface area contributed by atoms with Crippen molar-refractivity contribution in [2.75, 3.05) is 19.3 Å². The number of nitrogens with zero attached hydrogens (tertiary/aromatic N) is 6. The van der Waals surface area contributed by atoms with Gasteiger partial charge in [0, 0.05) is 19.8 Å². The van der Waals surface area contributed by atoms with Crippen LogP contribution in [-0.2, 0) is 13.6 Å². The van der Waals surface area contributed by atoms with Crippen molar-refractivity contribution >= 4 is 17.0 Å². The van der Waals surface area contributed by atoms with Gasteiger partial charge in [0.25, 0.3) is 0 Å². The molecule has 3 aromatic heterocycles. The van der Waals surface area contributed by atoms with Gasteiger partial charge in [-0.3, -0.25) is 4.68 Å². The molecular weight excluding hydrogens is 280 g/mol. The molecule has 0 saturated heterocycles. The molecule has 3 N–H and O–H groups in total. The molecule has 3 heterocycles. The van der Waals surface area contributed by atoms with Gasteiger partial charge in [-0.15, -0.1) is 0 Å². The lowest BCUT2D eigenvalue weighted by Gasteiger charge is -2.06. The highest BCUT2D eigenvalue weighted by atomic mass is 15.3. The Kier molecular flexibility index (Phi) is 4.01. The van der Waals surface area contributed by atoms with E-state index < -0.39 is 0 Å². The smallest absolute Gasteiger partial charge is 0.182 e. The van der Waals surface area contributed by atoms with Crippen molar-refractivity contribution in [2.45, 2.75) is 19.4 Å². The van der Waals surface area contributed by atoms with Crippen LogP contribution in [0.5, 0.6) is 0 Å². The largest absolute Gasteiger partial charge is 0.382 e. The Balaban J connectivity index is 1.95. The SMILES string of the molecule is CNCCCCn1cnc2c(N)nc(-c3ccnn3C)nc21. The summed E-state index contributed by atoms with van der Waals surface area (Å²) in [5.41, 5.74) is 8.29. The number of imidazole rings is 1. The third-order valence-corrected chi connectivity index (χ3v) is 3.62. The summed E-state index contributed by atoms with van der Waals surface area (Å²) in [7, 11) is 3.81. The van der Waals surface area contributed by atoms with Crippen molar-refractivity contribution in [1.82, 2.24) is 34.6 Å². The number of hydrogen-bond acceptors (Lipinski definition) is 6. The van der Waals surface area contributed by atoms with Crippen LogP contribution in [0.25, 0.3) is 22.7 Å². The monoisotopic (exact) mass is 300 g/mol. The Bertz CT molecular complexity index is 772. The van der Waals surface area contributed by atoms with Gasteiger partial charge < -0.3 is 15.6 Å². The first-order chi connectivity index (χ1) is 10.7. The molecule has 116 valence electrons. The van der Waals surface area contributed by atoms with E-state index in [0.29, 0.717) is 17.2 Å². The van der Waals surface area contributed by atoms with Gasteiger partial charge in [-0.1, -0.05) is 0 Å². The fourth-order valence-electron chi connectivity index (χ4n) is 2.42. The lowest BCUT2D eigenvalue weighted by molar-refractivity contribution is 0.597. The summed E-state index contributed by atoms with van der Waals surface area (Å²) in [6.45, 7) is 1.86. The molecule has 3 aromatic rings. The van der Waals surface area contributed by atoms with Gasteiger partial charge in [0.15, 0.2) is 17.3 Å². The first kappa shape index (κ1) is 14.5. The van der Waals surface area contributed by atoms with E-state index >= 15 is 0 Å². The molecule has 0 atom stereocenters. The predicted octanol–water partition coefficient (Wildman–Crippen LogP) is 0.809. The Labute approximate surface area is 128 Å². The van der Waals surface area contributed by atoms with Gasteiger partial charge >= 0.3 is 0 Å². The molecule has 0 aliphatic carbocycles. The lowest BCUT2D eigenvalue weighted by atomic mass is 10.3. The van der Waals surface area contributed by atoms with Crippen LogP contribution < -0.4 is 11.1 Å². The van der Waals surface area contributed by atoms with E-state index in [0.717, 1.165) is 37.3 Å². The molecule has 0 aromatic carbocycles. The number of nitrogens with one attached hydrogen (secondary N) is 1. The van der Waals surface area contributed by atoms with Crippen molar-refractivity contribution in [3.8, 4) is 11.5 Å². The molecular formula is C14H20N8. The molecule has 0 bridgehead atoms. The minimum Gasteiger partial charge on any atom is -0.382 e. The van der Waals surface area contributed by atoms with E-state index in [-0.39, 0.29) is 0 Å². The van der Waals surface area contributed by atoms with E-state index in [1.807, 2.05) is 24.7 Å². The number of aryl methyl sites for hydroxylation is 2. The molecule has 0 saturated carbocycles. The quantitative estimate of drug-likeness (QED) is 0.653. The fraction of sp³-hybridized carbons (Fsp3) is 0.429. The summed E-state index contributed by atoms with van der Waals surface area (Å²) < 4.78 is 3.76. The number of aromatic nitrogens is 6.